The van der Waals surface area contributed by atoms with E-state index in [0.717, 1.165) is 10.6 Å². The molecule has 0 aliphatic heterocycles. The minimum atomic E-state index is -3.78. The minimum Gasteiger partial charge on any atom is -0.495 e. The lowest BCUT2D eigenvalue weighted by molar-refractivity contribution is -0.119. The van der Waals surface area contributed by atoms with Crippen molar-refractivity contribution in [2.45, 2.75) is 0 Å². The quantitative estimate of drug-likeness (QED) is 0.291. The molecule has 12 heteroatoms. The van der Waals surface area contributed by atoms with E-state index in [1.54, 1.807) is 42.5 Å². The molecule has 10 nitrogen and oxygen atoms in total. The van der Waals surface area contributed by atoms with Gasteiger partial charge in [0.1, 0.15) is 23.9 Å². The number of nitrogens with one attached hydrogen (secondary N) is 2. The van der Waals surface area contributed by atoms with Gasteiger partial charge >= 0.3 is 0 Å². The first kappa shape index (κ1) is 27.1. The number of hydrazone groups is 1. The Morgan fingerprint density at radius 1 is 1.00 bits per heavy atom. The van der Waals surface area contributed by atoms with Crippen LogP contribution in [0, 0.1) is 5.82 Å². The van der Waals surface area contributed by atoms with E-state index < -0.39 is 34.2 Å². The molecule has 3 aromatic carbocycles. The molecule has 0 unspecified atom stereocenters. The van der Waals surface area contributed by atoms with E-state index >= 15 is 0 Å². The summed E-state index contributed by atoms with van der Waals surface area (Å²) in [6, 6.07) is 18.3. The zero-order valence-corrected chi connectivity index (χ0v) is 20.9. The number of para-hydroxylation sites is 2. The van der Waals surface area contributed by atoms with Crippen molar-refractivity contribution >= 4 is 39.4 Å². The van der Waals surface area contributed by atoms with Gasteiger partial charge in [-0.3, -0.25) is 13.9 Å². The van der Waals surface area contributed by atoms with E-state index in [-0.39, 0.29) is 12.3 Å². The average Bonchev–Trinajstić information content (AvgIpc) is 2.87. The molecule has 2 amide bonds. The molecule has 0 radical (unpaired) electrons. The van der Waals surface area contributed by atoms with E-state index in [1.165, 1.54) is 43.7 Å². The lowest BCUT2D eigenvalue weighted by Gasteiger charge is -2.23. The maximum absolute atomic E-state index is 12.9. The van der Waals surface area contributed by atoms with Crippen LogP contribution in [0.25, 0.3) is 0 Å². The average molecular weight is 529 g/mol. The van der Waals surface area contributed by atoms with Crippen LogP contribution < -0.4 is 24.5 Å². The lowest BCUT2D eigenvalue weighted by Crippen LogP contribution is -2.39. The van der Waals surface area contributed by atoms with Crippen molar-refractivity contribution in [3.8, 4) is 11.5 Å². The molecule has 3 rings (SSSR count). The highest BCUT2D eigenvalue weighted by Gasteiger charge is 2.23. The summed E-state index contributed by atoms with van der Waals surface area (Å²) in [5, 5.41) is 6.45. The predicted molar refractivity (Wildman–Crippen MR) is 138 cm³/mol. The topological polar surface area (TPSA) is 126 Å². The van der Waals surface area contributed by atoms with E-state index in [0.29, 0.717) is 22.7 Å². The molecule has 3 aromatic rings. The van der Waals surface area contributed by atoms with Crippen LogP contribution in [0.2, 0.25) is 0 Å². The SMILES string of the molecule is COc1ccccc1N(CC(=O)N/N=C/c1ccc(OCC(=O)Nc2ccc(F)cc2)cc1)S(C)(=O)=O. The van der Waals surface area contributed by atoms with E-state index in [1.807, 2.05) is 0 Å². The number of hydrogen-bond donors (Lipinski definition) is 2. The van der Waals surface area contributed by atoms with Crippen molar-refractivity contribution < 1.29 is 31.9 Å². The van der Waals surface area contributed by atoms with Gasteiger partial charge in [-0.05, 0) is 66.2 Å². The second kappa shape index (κ2) is 12.5. The highest BCUT2D eigenvalue weighted by molar-refractivity contribution is 7.92. The van der Waals surface area contributed by atoms with Crippen LogP contribution in [-0.2, 0) is 19.6 Å². The summed E-state index contributed by atoms with van der Waals surface area (Å²) in [4.78, 5) is 24.3. The number of carbonyl (C=O) groups excluding carboxylic acids is 2. The van der Waals surface area contributed by atoms with E-state index in [9.17, 15) is 22.4 Å². The summed E-state index contributed by atoms with van der Waals surface area (Å²) in [5.74, 6) is -0.729. The first-order valence-electron chi connectivity index (χ1n) is 10.9. The third-order valence-corrected chi connectivity index (χ3v) is 5.95. The summed E-state index contributed by atoms with van der Waals surface area (Å²) in [5.41, 5.74) is 3.60. The number of amides is 2. The van der Waals surface area contributed by atoms with Gasteiger partial charge in [0.05, 0.1) is 25.3 Å². The number of sulfonamides is 1. The van der Waals surface area contributed by atoms with E-state index in [4.69, 9.17) is 9.47 Å². The molecule has 0 aliphatic carbocycles. The first-order chi connectivity index (χ1) is 17.7. The summed E-state index contributed by atoms with van der Waals surface area (Å²) in [7, 11) is -2.37. The van der Waals surface area contributed by atoms with Crippen LogP contribution in [0.4, 0.5) is 15.8 Å². The normalized spacial score (nSPS) is 11.1. The Hall–Kier alpha value is -4.45. The van der Waals surface area contributed by atoms with Crippen molar-refractivity contribution in [3.05, 3.63) is 84.2 Å². The number of anilines is 2. The molecule has 0 aromatic heterocycles. The molecule has 37 heavy (non-hydrogen) atoms. The highest BCUT2D eigenvalue weighted by Crippen LogP contribution is 2.29. The second-order valence-corrected chi connectivity index (χ2v) is 9.55. The minimum absolute atomic E-state index is 0.230. The molecule has 194 valence electrons. The molecule has 0 fully saturated rings. The second-order valence-electron chi connectivity index (χ2n) is 7.65. The van der Waals surface area contributed by atoms with Crippen molar-refractivity contribution in [2.75, 3.05) is 36.1 Å². The van der Waals surface area contributed by atoms with Gasteiger partial charge in [-0.25, -0.2) is 18.2 Å². The Bertz CT molecular complexity index is 1360. The fourth-order valence-electron chi connectivity index (χ4n) is 3.09. The number of nitrogens with zero attached hydrogens (tertiary/aromatic N) is 2. The Labute approximate surface area is 213 Å². The van der Waals surface area contributed by atoms with Gasteiger partial charge in [-0.1, -0.05) is 12.1 Å². The highest BCUT2D eigenvalue weighted by atomic mass is 32.2. The molecule has 0 bridgehead atoms. The Kier molecular flexibility index (Phi) is 9.16. The van der Waals surface area contributed by atoms with Crippen LogP contribution in [0.5, 0.6) is 11.5 Å². The number of carbonyl (C=O) groups is 2. The standard InChI is InChI=1S/C25H25FN4O6S/c1-35-23-6-4-3-5-22(23)30(37(2,33)34)16-24(31)29-27-15-18-7-13-21(14-8-18)36-17-25(32)28-20-11-9-19(26)10-12-20/h3-15H,16-17H2,1-2H3,(H,28,32)(H,29,31)/b27-15+. The third-order valence-electron chi connectivity index (χ3n) is 4.82. The van der Waals surface area contributed by atoms with Crippen LogP contribution in [0.3, 0.4) is 0 Å². The fraction of sp³-hybridized carbons (Fsp3) is 0.160. The van der Waals surface area contributed by atoms with Gasteiger partial charge in [0.15, 0.2) is 6.61 Å². The molecular formula is C25H25FN4O6S. The molecule has 2 N–H and O–H groups in total. The fourth-order valence-corrected chi connectivity index (χ4v) is 3.95. The van der Waals surface area contributed by atoms with Gasteiger partial charge in [-0.15, -0.1) is 0 Å². The Morgan fingerprint density at radius 2 is 1.68 bits per heavy atom. The zero-order chi connectivity index (χ0) is 26.8. The van der Waals surface area contributed by atoms with Gasteiger partial charge in [0.2, 0.25) is 10.0 Å². The number of rotatable bonds is 11. The number of hydrogen-bond acceptors (Lipinski definition) is 7. The van der Waals surface area contributed by atoms with Gasteiger partial charge in [0, 0.05) is 5.69 Å². The number of benzene rings is 3. The monoisotopic (exact) mass is 528 g/mol. The molecule has 0 aliphatic rings. The number of methoxy groups -OCH3 is 1. The zero-order valence-electron chi connectivity index (χ0n) is 20.0. The van der Waals surface area contributed by atoms with Gasteiger partial charge < -0.3 is 14.8 Å². The number of halogens is 1. The Morgan fingerprint density at radius 3 is 2.32 bits per heavy atom. The maximum Gasteiger partial charge on any atom is 0.262 e. The molecule has 0 atom stereocenters. The molecular weight excluding hydrogens is 503 g/mol. The largest absolute Gasteiger partial charge is 0.495 e. The van der Waals surface area contributed by atoms with Crippen LogP contribution in [-0.4, -0.2) is 53.0 Å². The smallest absolute Gasteiger partial charge is 0.262 e. The van der Waals surface area contributed by atoms with Crippen molar-refractivity contribution in [1.82, 2.24) is 5.43 Å². The summed E-state index contributed by atoms with van der Waals surface area (Å²) in [6.07, 6.45) is 2.36. The van der Waals surface area contributed by atoms with Crippen molar-refractivity contribution in [1.29, 1.82) is 0 Å². The summed E-state index contributed by atoms with van der Waals surface area (Å²) < 4.78 is 49.0. The molecule has 0 saturated carbocycles. The number of ether oxygens (including phenoxy) is 2. The predicted octanol–water partition coefficient (Wildman–Crippen LogP) is 2.77. The summed E-state index contributed by atoms with van der Waals surface area (Å²) in [6.45, 7) is -0.743. The van der Waals surface area contributed by atoms with Gasteiger partial charge in [0.25, 0.3) is 11.8 Å². The first-order valence-corrected chi connectivity index (χ1v) is 12.7. The summed E-state index contributed by atoms with van der Waals surface area (Å²) >= 11 is 0. The van der Waals surface area contributed by atoms with Crippen molar-refractivity contribution in [3.63, 3.8) is 0 Å². The molecule has 0 spiro atoms. The Balaban J connectivity index is 1.51. The molecule has 0 heterocycles. The van der Waals surface area contributed by atoms with Crippen LogP contribution in [0.1, 0.15) is 5.56 Å². The molecule has 0 saturated heterocycles. The van der Waals surface area contributed by atoms with Gasteiger partial charge in [-0.2, -0.15) is 5.10 Å². The van der Waals surface area contributed by atoms with Crippen molar-refractivity contribution in [2.24, 2.45) is 5.10 Å². The van der Waals surface area contributed by atoms with Crippen LogP contribution in [0.15, 0.2) is 77.9 Å². The van der Waals surface area contributed by atoms with Crippen LogP contribution >= 0.6 is 0 Å². The third kappa shape index (κ3) is 8.32. The lowest BCUT2D eigenvalue weighted by atomic mass is 10.2. The van der Waals surface area contributed by atoms with E-state index in [2.05, 4.69) is 15.8 Å². The maximum atomic E-state index is 12.9.